The average Bonchev–Trinajstić information content (AvgIpc) is 2.79. The maximum Gasteiger partial charge on any atom is 0.310 e. The molecule has 0 spiro atoms. The Hall–Kier alpha value is -2.92. The van der Waals surface area contributed by atoms with Crippen molar-refractivity contribution in [1.29, 1.82) is 0 Å². The third-order valence-electron chi connectivity index (χ3n) is 5.54. The second-order valence-electron chi connectivity index (χ2n) is 9.53. The van der Waals surface area contributed by atoms with E-state index in [9.17, 15) is 9.59 Å². The van der Waals surface area contributed by atoms with Crippen molar-refractivity contribution in [2.24, 2.45) is 0 Å². The fourth-order valence-corrected chi connectivity index (χ4v) is 3.51. The first kappa shape index (κ1) is 30.1. The van der Waals surface area contributed by atoms with Gasteiger partial charge in [0.2, 0.25) is 0 Å². The van der Waals surface area contributed by atoms with E-state index in [2.05, 4.69) is 33.3 Å². The molecule has 0 saturated heterocycles. The zero-order valence-electron chi connectivity index (χ0n) is 21.2. The van der Waals surface area contributed by atoms with Crippen LogP contribution in [0, 0.1) is 0 Å². The first-order chi connectivity index (χ1) is 16.3. The highest BCUT2D eigenvalue weighted by Crippen LogP contribution is 2.20. The zero-order valence-corrected chi connectivity index (χ0v) is 21.2. The second kappa shape index (κ2) is 15.9. The van der Waals surface area contributed by atoms with Gasteiger partial charge in [-0.15, -0.1) is 0 Å². The fourth-order valence-electron chi connectivity index (χ4n) is 3.51. The Bertz CT molecular complexity index is 926. The maximum atomic E-state index is 12.1. The highest BCUT2D eigenvalue weighted by Gasteiger charge is 2.12. The van der Waals surface area contributed by atoms with Gasteiger partial charge in [0.05, 0.1) is 40.8 Å². The standard InChI is InChI=1S/C29H40NO4.CH4/c1-24(31)15-18-26-13-9-10-14-28(26)33-21-11-7-5-6-8-12-22-34-29(32)23-25-16-19-27(20-17-25)30(2,3)4;/h9-10,13-20H,5-8,11-12,21-23H2,1-4H3;1H4/q+1;. The van der Waals surface area contributed by atoms with Crippen molar-refractivity contribution in [3.63, 3.8) is 0 Å². The van der Waals surface area contributed by atoms with Crippen molar-refractivity contribution < 1.29 is 19.1 Å². The van der Waals surface area contributed by atoms with Gasteiger partial charge >= 0.3 is 5.97 Å². The van der Waals surface area contributed by atoms with Crippen LogP contribution in [0.4, 0.5) is 5.69 Å². The van der Waals surface area contributed by atoms with Crippen LogP contribution in [0.1, 0.15) is 64.0 Å². The van der Waals surface area contributed by atoms with Crippen molar-refractivity contribution in [2.45, 2.75) is 59.3 Å². The number of unbranched alkanes of at least 4 members (excludes halogenated alkanes) is 5. The molecule has 0 heterocycles. The molecule has 0 fully saturated rings. The van der Waals surface area contributed by atoms with E-state index in [4.69, 9.17) is 9.47 Å². The summed E-state index contributed by atoms with van der Waals surface area (Å²) in [7, 11) is 6.36. The Morgan fingerprint density at radius 1 is 0.829 bits per heavy atom. The monoisotopic (exact) mass is 482 g/mol. The van der Waals surface area contributed by atoms with Crippen LogP contribution in [0.5, 0.6) is 5.75 Å². The molecular formula is C30H44NO4+. The van der Waals surface area contributed by atoms with Crippen LogP contribution in [0.2, 0.25) is 0 Å². The molecule has 0 aliphatic carbocycles. The molecule has 0 bridgehead atoms. The molecule has 5 heteroatoms. The predicted octanol–water partition coefficient (Wildman–Crippen LogP) is 6.63. The van der Waals surface area contributed by atoms with Crippen molar-refractivity contribution in [3.05, 3.63) is 65.7 Å². The number of quaternary nitrogens is 1. The smallest absolute Gasteiger partial charge is 0.310 e. The van der Waals surface area contributed by atoms with E-state index in [0.717, 1.165) is 59.9 Å². The lowest BCUT2D eigenvalue weighted by Crippen LogP contribution is -2.34. The zero-order chi connectivity index (χ0) is 24.8. The minimum atomic E-state index is -0.159. The number of allylic oxidation sites excluding steroid dienone is 1. The number of carbonyl (C=O) groups is 2. The van der Waals surface area contributed by atoms with Crippen LogP contribution in [-0.2, 0) is 20.7 Å². The van der Waals surface area contributed by atoms with Gasteiger partial charge in [0, 0.05) is 5.56 Å². The summed E-state index contributed by atoms with van der Waals surface area (Å²) in [6.07, 6.45) is 10.0. The van der Waals surface area contributed by atoms with Gasteiger partial charge in [0.25, 0.3) is 0 Å². The molecule has 5 nitrogen and oxygen atoms in total. The topological polar surface area (TPSA) is 52.6 Å². The molecule has 0 N–H and O–H groups in total. The molecule has 2 aromatic carbocycles. The van der Waals surface area contributed by atoms with E-state index in [1.54, 1.807) is 12.2 Å². The third kappa shape index (κ3) is 12.4. The molecule has 0 unspecified atom stereocenters. The summed E-state index contributed by atoms with van der Waals surface area (Å²) in [5.74, 6) is 0.676. The summed E-state index contributed by atoms with van der Waals surface area (Å²) in [6, 6.07) is 15.9. The Balaban J connectivity index is 0.00000612. The van der Waals surface area contributed by atoms with E-state index < -0.39 is 0 Å². The number of carbonyl (C=O) groups excluding carboxylic acids is 2. The predicted molar refractivity (Wildman–Crippen MR) is 147 cm³/mol. The number of ketones is 1. The maximum absolute atomic E-state index is 12.1. The third-order valence-corrected chi connectivity index (χ3v) is 5.54. The molecule has 192 valence electrons. The second-order valence-corrected chi connectivity index (χ2v) is 9.53. The molecule has 0 radical (unpaired) electrons. The number of para-hydroxylation sites is 1. The van der Waals surface area contributed by atoms with Crippen molar-refractivity contribution in [3.8, 4) is 5.75 Å². The number of nitrogens with zero attached hydrogens (tertiary/aromatic N) is 1. The SMILES string of the molecule is C.CC(=O)C=Cc1ccccc1OCCCCCCCCOC(=O)Cc1ccc([N+](C)(C)C)cc1. The van der Waals surface area contributed by atoms with Crippen molar-refractivity contribution >= 4 is 23.5 Å². The molecule has 0 atom stereocenters. The summed E-state index contributed by atoms with van der Waals surface area (Å²) in [5.41, 5.74) is 3.12. The first-order valence-corrected chi connectivity index (χ1v) is 12.2. The quantitative estimate of drug-likeness (QED) is 0.124. The Morgan fingerprint density at radius 2 is 1.43 bits per heavy atom. The van der Waals surface area contributed by atoms with E-state index in [0.29, 0.717) is 19.6 Å². The van der Waals surface area contributed by atoms with Gasteiger partial charge in [-0.05, 0) is 55.7 Å². The molecule has 0 aliphatic rings. The van der Waals surface area contributed by atoms with Gasteiger partial charge in [-0.2, -0.15) is 0 Å². The molecule has 0 saturated carbocycles. The van der Waals surface area contributed by atoms with Gasteiger partial charge in [0.15, 0.2) is 5.78 Å². The van der Waals surface area contributed by atoms with Crippen LogP contribution < -0.4 is 9.22 Å². The van der Waals surface area contributed by atoms with Crippen LogP contribution in [0.15, 0.2) is 54.6 Å². The molecule has 0 amide bonds. The lowest BCUT2D eigenvalue weighted by Gasteiger charge is -2.23. The van der Waals surface area contributed by atoms with Crippen molar-refractivity contribution in [2.75, 3.05) is 34.4 Å². The van der Waals surface area contributed by atoms with Crippen LogP contribution in [0.3, 0.4) is 0 Å². The lowest BCUT2D eigenvalue weighted by atomic mass is 10.1. The normalized spacial score (nSPS) is 11.2. The number of esters is 1. The number of hydrogen-bond acceptors (Lipinski definition) is 4. The Kier molecular flexibility index (Phi) is 13.7. The number of ether oxygens (including phenoxy) is 2. The molecule has 35 heavy (non-hydrogen) atoms. The molecule has 0 aliphatic heterocycles. The summed E-state index contributed by atoms with van der Waals surface area (Å²) in [6.45, 7) is 2.69. The molecule has 0 aromatic heterocycles. The fraction of sp³-hybridized carbons (Fsp3) is 0.467. The minimum absolute atomic E-state index is 0. The van der Waals surface area contributed by atoms with Crippen LogP contribution >= 0.6 is 0 Å². The van der Waals surface area contributed by atoms with Crippen LogP contribution in [-0.4, -0.2) is 46.1 Å². The minimum Gasteiger partial charge on any atom is -0.493 e. The van der Waals surface area contributed by atoms with Crippen LogP contribution in [0.25, 0.3) is 6.08 Å². The average molecular weight is 483 g/mol. The van der Waals surface area contributed by atoms with Gasteiger partial charge in [-0.3, -0.25) is 14.1 Å². The molecule has 2 aromatic rings. The van der Waals surface area contributed by atoms with E-state index in [-0.39, 0.29) is 19.2 Å². The summed E-state index contributed by atoms with van der Waals surface area (Å²) in [5, 5.41) is 0. The van der Waals surface area contributed by atoms with Crippen molar-refractivity contribution in [1.82, 2.24) is 4.48 Å². The largest absolute Gasteiger partial charge is 0.493 e. The number of benzene rings is 2. The first-order valence-electron chi connectivity index (χ1n) is 12.2. The molecule has 2 rings (SSSR count). The van der Waals surface area contributed by atoms with Gasteiger partial charge in [-0.1, -0.05) is 63.4 Å². The number of hydrogen-bond donors (Lipinski definition) is 0. The van der Waals surface area contributed by atoms with Gasteiger partial charge in [0.1, 0.15) is 11.4 Å². The number of rotatable bonds is 15. The highest BCUT2D eigenvalue weighted by molar-refractivity contribution is 5.91. The van der Waals surface area contributed by atoms with E-state index >= 15 is 0 Å². The Labute approximate surface area is 212 Å². The summed E-state index contributed by atoms with van der Waals surface area (Å²) in [4.78, 5) is 23.2. The molecular weight excluding hydrogens is 438 g/mol. The van der Waals surface area contributed by atoms with E-state index in [1.165, 1.54) is 12.6 Å². The van der Waals surface area contributed by atoms with Gasteiger partial charge < -0.3 is 9.47 Å². The lowest BCUT2D eigenvalue weighted by molar-refractivity contribution is -0.143. The van der Waals surface area contributed by atoms with Gasteiger partial charge in [-0.25, -0.2) is 0 Å². The summed E-state index contributed by atoms with van der Waals surface area (Å²) < 4.78 is 12.0. The van der Waals surface area contributed by atoms with E-state index in [1.807, 2.05) is 36.4 Å². The highest BCUT2D eigenvalue weighted by atomic mass is 16.5. The Morgan fingerprint density at radius 3 is 2.06 bits per heavy atom. The summed E-state index contributed by atoms with van der Waals surface area (Å²) >= 11 is 0.